The Kier molecular flexibility index (Phi) is 4.09. The number of carbonyl (C=O) groups excluding carboxylic acids is 1. The number of hydrogen-bond acceptors (Lipinski definition) is 1. The van der Waals surface area contributed by atoms with E-state index in [4.69, 9.17) is 0 Å². The number of nitrogens with one attached hydrogen (secondary N) is 3. The molecule has 4 nitrogen and oxygen atoms in total. The first-order valence-corrected chi connectivity index (χ1v) is 8.38. The van der Waals surface area contributed by atoms with Crippen molar-refractivity contribution in [1.82, 2.24) is 10.3 Å². The number of aromatic nitrogens is 1. The van der Waals surface area contributed by atoms with E-state index in [9.17, 15) is 4.79 Å². The van der Waals surface area contributed by atoms with Crippen molar-refractivity contribution in [2.75, 3.05) is 11.9 Å². The van der Waals surface area contributed by atoms with Crippen molar-refractivity contribution in [1.29, 1.82) is 0 Å². The van der Waals surface area contributed by atoms with E-state index in [2.05, 4.69) is 33.8 Å². The zero-order valence-corrected chi connectivity index (χ0v) is 13.8. The summed E-state index contributed by atoms with van der Waals surface area (Å²) in [4.78, 5) is 15.4. The molecule has 3 aromatic carbocycles. The second-order valence-corrected chi connectivity index (χ2v) is 6.05. The predicted molar refractivity (Wildman–Crippen MR) is 103 cm³/mol. The highest BCUT2D eigenvalue weighted by molar-refractivity contribution is 5.93. The molecule has 2 amide bonds. The first-order valence-electron chi connectivity index (χ1n) is 8.38. The van der Waals surface area contributed by atoms with Gasteiger partial charge >= 0.3 is 6.03 Å². The van der Waals surface area contributed by atoms with E-state index in [-0.39, 0.29) is 6.03 Å². The molecule has 1 heterocycles. The topological polar surface area (TPSA) is 56.9 Å². The number of anilines is 1. The first kappa shape index (κ1) is 15.3. The number of amides is 2. The van der Waals surface area contributed by atoms with Gasteiger partial charge in [-0.1, -0.05) is 48.5 Å². The third-order valence-electron chi connectivity index (χ3n) is 4.36. The number of fused-ring (bicyclic) bond motifs is 2. The summed E-state index contributed by atoms with van der Waals surface area (Å²) < 4.78 is 0. The maximum atomic E-state index is 12.1. The van der Waals surface area contributed by atoms with E-state index in [1.165, 1.54) is 10.9 Å². The zero-order valence-electron chi connectivity index (χ0n) is 13.8. The molecule has 1 aromatic heterocycles. The van der Waals surface area contributed by atoms with Gasteiger partial charge in [-0.15, -0.1) is 0 Å². The number of hydrogen-bond donors (Lipinski definition) is 3. The molecule has 0 spiro atoms. The lowest BCUT2D eigenvalue weighted by Gasteiger charge is -2.08. The fraction of sp³-hybridized carbons (Fsp3) is 0.0952. The number of H-pyrrole nitrogens is 1. The number of para-hydroxylation sites is 1. The summed E-state index contributed by atoms with van der Waals surface area (Å²) in [6.45, 7) is 0.585. The van der Waals surface area contributed by atoms with Crippen molar-refractivity contribution in [3.63, 3.8) is 0 Å². The molecule has 4 heteroatoms. The third kappa shape index (κ3) is 3.33. The van der Waals surface area contributed by atoms with Gasteiger partial charge in [0.2, 0.25) is 0 Å². The molecule has 25 heavy (non-hydrogen) atoms. The van der Waals surface area contributed by atoms with Gasteiger partial charge in [0.15, 0.2) is 0 Å². The largest absolute Gasteiger partial charge is 0.361 e. The lowest BCUT2D eigenvalue weighted by molar-refractivity contribution is 0.252. The summed E-state index contributed by atoms with van der Waals surface area (Å²) in [6, 6.07) is 22.0. The van der Waals surface area contributed by atoms with Crippen LogP contribution in [0.15, 0.2) is 72.9 Å². The number of rotatable bonds is 4. The average Bonchev–Trinajstić information content (AvgIpc) is 3.05. The van der Waals surface area contributed by atoms with Crippen LogP contribution in [-0.2, 0) is 6.42 Å². The monoisotopic (exact) mass is 329 g/mol. The number of aromatic amines is 1. The van der Waals surface area contributed by atoms with Gasteiger partial charge in [-0.05, 0) is 41.0 Å². The van der Waals surface area contributed by atoms with Gasteiger partial charge in [-0.3, -0.25) is 0 Å². The molecule has 0 radical (unpaired) electrons. The van der Waals surface area contributed by atoms with E-state index < -0.39 is 0 Å². The smallest absolute Gasteiger partial charge is 0.319 e. The summed E-state index contributed by atoms with van der Waals surface area (Å²) in [5.41, 5.74) is 3.13. The molecule has 0 fully saturated rings. The Bertz CT molecular complexity index is 1040. The SMILES string of the molecule is O=C(NCCc1c[nH]c2ccccc12)Nc1ccc2ccccc2c1. The Hall–Kier alpha value is -3.27. The van der Waals surface area contributed by atoms with Crippen LogP contribution in [0.25, 0.3) is 21.7 Å². The van der Waals surface area contributed by atoms with Crippen LogP contribution < -0.4 is 10.6 Å². The van der Waals surface area contributed by atoms with Gasteiger partial charge in [0.05, 0.1) is 0 Å². The normalized spacial score (nSPS) is 10.9. The number of benzene rings is 3. The molecule has 4 aromatic rings. The van der Waals surface area contributed by atoms with Gasteiger partial charge in [0, 0.05) is 29.3 Å². The highest BCUT2D eigenvalue weighted by atomic mass is 16.2. The van der Waals surface area contributed by atoms with Gasteiger partial charge in [-0.25, -0.2) is 4.79 Å². The summed E-state index contributed by atoms with van der Waals surface area (Å²) in [5, 5.41) is 9.29. The Labute approximate surface area is 145 Å². The minimum atomic E-state index is -0.185. The van der Waals surface area contributed by atoms with Crippen LogP contribution in [0, 0.1) is 0 Å². The van der Waals surface area contributed by atoms with E-state index >= 15 is 0 Å². The van der Waals surface area contributed by atoms with Crippen LogP contribution in [0.5, 0.6) is 0 Å². The summed E-state index contributed by atoms with van der Waals surface area (Å²) >= 11 is 0. The van der Waals surface area contributed by atoms with Crippen molar-refractivity contribution < 1.29 is 4.79 Å². The fourth-order valence-electron chi connectivity index (χ4n) is 3.09. The molecule has 124 valence electrons. The zero-order chi connectivity index (χ0) is 17.1. The molecule has 4 rings (SSSR count). The van der Waals surface area contributed by atoms with E-state index in [0.717, 1.165) is 28.4 Å². The van der Waals surface area contributed by atoms with Crippen molar-refractivity contribution in [3.8, 4) is 0 Å². The van der Waals surface area contributed by atoms with Gasteiger partial charge in [0.25, 0.3) is 0 Å². The summed E-state index contributed by atoms with van der Waals surface area (Å²) in [6.07, 6.45) is 2.79. The predicted octanol–water partition coefficient (Wildman–Crippen LogP) is 4.69. The average molecular weight is 329 g/mol. The molecule has 0 aliphatic heterocycles. The fourth-order valence-corrected chi connectivity index (χ4v) is 3.09. The van der Waals surface area contributed by atoms with Crippen LogP contribution in [0.3, 0.4) is 0 Å². The molecule has 0 atom stereocenters. The maximum Gasteiger partial charge on any atom is 0.319 e. The number of carbonyl (C=O) groups is 1. The Morgan fingerprint density at radius 1 is 0.920 bits per heavy atom. The molecule has 3 N–H and O–H groups in total. The van der Waals surface area contributed by atoms with Gasteiger partial charge in [0.1, 0.15) is 0 Å². The van der Waals surface area contributed by atoms with Crippen molar-refractivity contribution in [3.05, 3.63) is 78.5 Å². The molecule has 0 aliphatic rings. The molecule has 0 unspecified atom stereocenters. The minimum absolute atomic E-state index is 0.185. The van der Waals surface area contributed by atoms with Crippen molar-refractivity contribution in [2.24, 2.45) is 0 Å². The van der Waals surface area contributed by atoms with E-state index in [1.807, 2.05) is 54.7 Å². The van der Waals surface area contributed by atoms with Crippen LogP contribution in [-0.4, -0.2) is 17.6 Å². The molecular weight excluding hydrogens is 310 g/mol. The molecule has 0 saturated carbocycles. The van der Waals surface area contributed by atoms with Gasteiger partial charge < -0.3 is 15.6 Å². The van der Waals surface area contributed by atoms with Crippen LogP contribution >= 0.6 is 0 Å². The third-order valence-corrected chi connectivity index (χ3v) is 4.36. The lowest BCUT2D eigenvalue weighted by Crippen LogP contribution is -2.30. The molecule has 0 bridgehead atoms. The van der Waals surface area contributed by atoms with E-state index in [1.54, 1.807) is 0 Å². The second kappa shape index (κ2) is 6.69. The van der Waals surface area contributed by atoms with Crippen LogP contribution in [0.4, 0.5) is 10.5 Å². The Morgan fingerprint density at radius 2 is 1.72 bits per heavy atom. The summed E-state index contributed by atoms with van der Waals surface area (Å²) in [5.74, 6) is 0. The van der Waals surface area contributed by atoms with Crippen molar-refractivity contribution in [2.45, 2.75) is 6.42 Å². The van der Waals surface area contributed by atoms with E-state index in [0.29, 0.717) is 6.54 Å². The van der Waals surface area contributed by atoms with Gasteiger partial charge in [-0.2, -0.15) is 0 Å². The molecule has 0 saturated heterocycles. The lowest BCUT2D eigenvalue weighted by atomic mass is 10.1. The second-order valence-electron chi connectivity index (χ2n) is 6.05. The van der Waals surface area contributed by atoms with Crippen molar-refractivity contribution >= 4 is 33.4 Å². The van der Waals surface area contributed by atoms with Crippen LogP contribution in [0.1, 0.15) is 5.56 Å². The molecular formula is C21H19N3O. The Morgan fingerprint density at radius 3 is 2.64 bits per heavy atom. The maximum absolute atomic E-state index is 12.1. The molecule has 0 aliphatic carbocycles. The first-order chi connectivity index (χ1) is 12.3. The number of urea groups is 1. The standard InChI is InChI=1S/C21H19N3O/c25-21(24-18-10-9-15-5-1-2-6-16(15)13-18)22-12-11-17-14-23-20-8-4-3-7-19(17)20/h1-10,13-14,23H,11-12H2,(H2,22,24,25). The summed E-state index contributed by atoms with van der Waals surface area (Å²) in [7, 11) is 0. The van der Waals surface area contributed by atoms with Crippen LogP contribution in [0.2, 0.25) is 0 Å². The quantitative estimate of drug-likeness (QED) is 0.500. The highest BCUT2D eigenvalue weighted by Gasteiger charge is 2.05. The highest BCUT2D eigenvalue weighted by Crippen LogP contribution is 2.19. The Balaban J connectivity index is 1.35. The minimum Gasteiger partial charge on any atom is -0.361 e.